The average Bonchev–Trinajstić information content (AvgIpc) is 3.95. The van der Waals surface area contributed by atoms with Crippen LogP contribution in [0.5, 0.6) is 0 Å². The molecule has 3 aromatic heterocycles. The van der Waals surface area contributed by atoms with Crippen molar-refractivity contribution in [3.05, 3.63) is 170 Å². The van der Waals surface area contributed by atoms with Gasteiger partial charge in [-0.25, -0.2) is 0 Å². The predicted octanol–water partition coefficient (Wildman–Crippen LogP) is 13.7. The molecule has 0 atom stereocenters. The molecule has 0 aliphatic heterocycles. The monoisotopic (exact) mass is 672 g/mol. The van der Waals surface area contributed by atoms with Gasteiger partial charge < -0.3 is 13.6 Å². The van der Waals surface area contributed by atoms with Crippen molar-refractivity contribution in [1.82, 2.24) is 9.13 Å². The van der Waals surface area contributed by atoms with Gasteiger partial charge in [-0.15, -0.1) is 0 Å². The normalized spacial score (nSPS) is 12.5. The quantitative estimate of drug-likeness (QED) is 0.179. The van der Waals surface area contributed by atoms with Gasteiger partial charge in [0.1, 0.15) is 11.2 Å². The van der Waals surface area contributed by atoms with Crippen LogP contribution in [0.4, 0.5) is 0 Å². The lowest BCUT2D eigenvalue weighted by atomic mass is 10.0. The smallest absolute Gasteiger partial charge is 0.145 e. The van der Waals surface area contributed by atoms with E-state index in [1.165, 1.54) is 82.2 Å². The molecule has 0 fully saturated rings. The first-order valence-corrected chi connectivity index (χ1v) is 18.3. The summed E-state index contributed by atoms with van der Waals surface area (Å²) in [4.78, 5) is 0. The number of hydrogen-bond acceptors (Lipinski definition) is 1. The molecule has 0 bridgehead atoms. The van der Waals surface area contributed by atoms with Gasteiger partial charge in [0, 0.05) is 38.0 Å². The molecule has 1 aliphatic carbocycles. The van der Waals surface area contributed by atoms with Crippen LogP contribution < -0.4 is 0 Å². The zero-order valence-electron chi connectivity index (χ0n) is 28.5. The average molecular weight is 673 g/mol. The van der Waals surface area contributed by atoms with Crippen LogP contribution in [-0.4, -0.2) is 9.13 Å². The minimum absolute atomic E-state index is 0.910. The maximum absolute atomic E-state index is 6.80. The van der Waals surface area contributed by atoms with E-state index in [0.29, 0.717) is 0 Å². The Morgan fingerprint density at radius 2 is 1.04 bits per heavy atom. The fraction of sp³-hybridized carbons (Fsp3) is 0. The van der Waals surface area contributed by atoms with Gasteiger partial charge in [0.2, 0.25) is 0 Å². The van der Waals surface area contributed by atoms with Gasteiger partial charge in [0.15, 0.2) is 0 Å². The third-order valence-corrected chi connectivity index (χ3v) is 11.8. The van der Waals surface area contributed by atoms with Gasteiger partial charge in [-0.1, -0.05) is 115 Å². The van der Waals surface area contributed by atoms with Crippen molar-refractivity contribution in [2.75, 3.05) is 0 Å². The van der Waals surface area contributed by atoms with Gasteiger partial charge in [-0.05, 0) is 93.0 Å². The van der Waals surface area contributed by atoms with Gasteiger partial charge in [-0.2, -0.15) is 0 Å². The summed E-state index contributed by atoms with van der Waals surface area (Å²) >= 11 is 0. The Kier molecular flexibility index (Phi) is 5.11. The molecular formula is C50H28N2O. The SMILES string of the molecule is c1ccc2c(c1)-c1cccc3c(-n4c5ccc6c7ccccc7oc6c5c5ccc6c(c7ccccc7n6-c6ccc7ccccc7c6)c54)ccc-2c13. The van der Waals surface area contributed by atoms with Crippen LogP contribution in [0.25, 0.3) is 121 Å². The molecule has 13 rings (SSSR count). The van der Waals surface area contributed by atoms with Crippen molar-refractivity contribution in [3.8, 4) is 33.6 Å². The molecule has 3 heterocycles. The Labute approximate surface area is 303 Å². The molecule has 0 amide bonds. The van der Waals surface area contributed by atoms with Crippen LogP contribution in [0, 0.1) is 0 Å². The first-order valence-electron chi connectivity index (χ1n) is 18.3. The second kappa shape index (κ2) is 9.81. The number of aromatic nitrogens is 2. The van der Waals surface area contributed by atoms with E-state index in [4.69, 9.17) is 4.42 Å². The Morgan fingerprint density at radius 1 is 0.358 bits per heavy atom. The van der Waals surface area contributed by atoms with E-state index in [0.717, 1.165) is 38.5 Å². The first-order chi connectivity index (χ1) is 26.3. The molecule has 1 aliphatic rings. The number of hydrogen-bond donors (Lipinski definition) is 0. The highest BCUT2D eigenvalue weighted by molar-refractivity contribution is 6.31. The summed E-state index contributed by atoms with van der Waals surface area (Å²) in [7, 11) is 0. The van der Waals surface area contributed by atoms with Crippen LogP contribution in [0.2, 0.25) is 0 Å². The summed E-state index contributed by atoms with van der Waals surface area (Å²) in [6.07, 6.45) is 0. The highest BCUT2D eigenvalue weighted by Crippen LogP contribution is 2.51. The molecule has 0 saturated carbocycles. The number of rotatable bonds is 2. The minimum atomic E-state index is 0.910. The van der Waals surface area contributed by atoms with E-state index in [2.05, 4.69) is 179 Å². The lowest BCUT2D eigenvalue weighted by Crippen LogP contribution is -1.97. The maximum atomic E-state index is 6.80. The van der Waals surface area contributed by atoms with Crippen molar-refractivity contribution < 1.29 is 4.42 Å². The van der Waals surface area contributed by atoms with Crippen LogP contribution >= 0.6 is 0 Å². The van der Waals surface area contributed by atoms with Crippen molar-refractivity contribution in [1.29, 1.82) is 0 Å². The van der Waals surface area contributed by atoms with Crippen LogP contribution in [0.15, 0.2) is 174 Å². The van der Waals surface area contributed by atoms with Gasteiger partial charge in [0.05, 0.1) is 33.1 Å². The van der Waals surface area contributed by atoms with Gasteiger partial charge >= 0.3 is 0 Å². The van der Waals surface area contributed by atoms with Crippen LogP contribution in [0.1, 0.15) is 0 Å². The number of nitrogens with zero attached hydrogens (tertiary/aromatic N) is 2. The zero-order chi connectivity index (χ0) is 34.4. The van der Waals surface area contributed by atoms with E-state index in [1.807, 2.05) is 0 Å². The maximum Gasteiger partial charge on any atom is 0.145 e. The standard InChI is InChI=1S/C50H28N2O/c1-2-11-30-28-31(21-20-29(30)10-1)51-41-18-7-5-15-39(41)47-43(51)27-24-40-48-44(26-23-37-34-14-6-8-19-45(34)53-50(37)48)52(49(40)47)42-25-22-36-33-13-4-3-12-32(33)35-16-9-17-38(42)46(35)36/h1-28H. The molecule has 53 heavy (non-hydrogen) atoms. The highest BCUT2D eigenvalue weighted by Gasteiger charge is 2.27. The number of benzene rings is 9. The van der Waals surface area contributed by atoms with E-state index >= 15 is 0 Å². The molecule has 12 aromatic rings. The van der Waals surface area contributed by atoms with Crippen molar-refractivity contribution in [2.45, 2.75) is 0 Å². The van der Waals surface area contributed by atoms with Crippen LogP contribution in [0.3, 0.4) is 0 Å². The van der Waals surface area contributed by atoms with E-state index in [1.54, 1.807) is 0 Å². The number of furan rings is 1. The minimum Gasteiger partial charge on any atom is -0.455 e. The Morgan fingerprint density at radius 3 is 1.92 bits per heavy atom. The van der Waals surface area contributed by atoms with E-state index in [-0.39, 0.29) is 0 Å². The Hall–Kier alpha value is -7.10. The van der Waals surface area contributed by atoms with Crippen LogP contribution in [-0.2, 0) is 0 Å². The van der Waals surface area contributed by atoms with Gasteiger partial charge in [-0.3, -0.25) is 0 Å². The molecule has 244 valence electrons. The molecule has 9 aromatic carbocycles. The molecular weight excluding hydrogens is 645 g/mol. The molecule has 0 unspecified atom stereocenters. The molecule has 3 heteroatoms. The second-order valence-corrected chi connectivity index (χ2v) is 14.4. The first kappa shape index (κ1) is 27.6. The third kappa shape index (κ3) is 3.44. The lowest BCUT2D eigenvalue weighted by molar-refractivity contribution is 0.673. The van der Waals surface area contributed by atoms with Crippen molar-refractivity contribution in [3.63, 3.8) is 0 Å². The van der Waals surface area contributed by atoms with Crippen molar-refractivity contribution in [2.24, 2.45) is 0 Å². The topological polar surface area (TPSA) is 23.0 Å². The predicted molar refractivity (Wildman–Crippen MR) is 222 cm³/mol. The summed E-state index contributed by atoms with van der Waals surface area (Å²) in [6, 6.07) is 62.2. The Bertz CT molecular complexity index is 3540. The summed E-state index contributed by atoms with van der Waals surface area (Å²) < 4.78 is 11.8. The second-order valence-electron chi connectivity index (χ2n) is 14.4. The molecule has 0 radical (unpaired) electrons. The largest absolute Gasteiger partial charge is 0.455 e. The summed E-state index contributed by atoms with van der Waals surface area (Å²) in [5, 5.41) is 12.1. The summed E-state index contributed by atoms with van der Waals surface area (Å²) in [5.41, 5.74) is 14.1. The third-order valence-electron chi connectivity index (χ3n) is 11.8. The molecule has 3 nitrogen and oxygen atoms in total. The summed E-state index contributed by atoms with van der Waals surface area (Å²) in [5.74, 6) is 0. The number of fused-ring (bicyclic) bond motifs is 15. The highest BCUT2D eigenvalue weighted by atomic mass is 16.3. The lowest BCUT2D eigenvalue weighted by Gasteiger charge is -2.14. The molecule has 0 saturated heterocycles. The fourth-order valence-corrected chi connectivity index (χ4v) is 9.65. The summed E-state index contributed by atoms with van der Waals surface area (Å²) in [6.45, 7) is 0. The van der Waals surface area contributed by atoms with Crippen molar-refractivity contribution >= 4 is 87.1 Å². The Balaban J connectivity index is 1.24. The molecule has 0 N–H and O–H groups in total. The van der Waals surface area contributed by atoms with E-state index in [9.17, 15) is 0 Å². The van der Waals surface area contributed by atoms with E-state index < -0.39 is 0 Å². The molecule has 0 spiro atoms. The fourth-order valence-electron chi connectivity index (χ4n) is 9.65. The number of para-hydroxylation sites is 2. The zero-order valence-corrected chi connectivity index (χ0v) is 28.5. The van der Waals surface area contributed by atoms with Gasteiger partial charge in [0.25, 0.3) is 0 Å².